The van der Waals surface area contributed by atoms with E-state index in [2.05, 4.69) is 9.93 Å². The molecule has 5 heteroatoms. The second kappa shape index (κ2) is 6.64. The predicted octanol–water partition coefficient (Wildman–Crippen LogP) is 2.27. The first-order valence-electron chi connectivity index (χ1n) is 4.43. The van der Waals surface area contributed by atoms with E-state index in [4.69, 9.17) is 0 Å². The summed E-state index contributed by atoms with van der Waals surface area (Å²) < 4.78 is 11.4. The lowest BCUT2D eigenvalue weighted by molar-refractivity contribution is -0.0788. The maximum absolute atomic E-state index is 11.4. The number of halogens is 1. The molecule has 0 aromatic carbocycles. The summed E-state index contributed by atoms with van der Waals surface area (Å²) in [6.45, 7) is 5.59. The van der Waals surface area contributed by atoms with Crippen LogP contribution < -0.4 is 0 Å². The van der Waals surface area contributed by atoms with E-state index < -0.39 is 5.97 Å². The van der Waals surface area contributed by atoms with Crippen molar-refractivity contribution in [2.24, 2.45) is 0 Å². The predicted molar refractivity (Wildman–Crippen MR) is 52.2 cm³/mol. The monoisotopic (exact) mass is 213 g/mol. The van der Waals surface area contributed by atoms with Crippen LogP contribution in [-0.2, 0) is 4.94 Å². The van der Waals surface area contributed by atoms with Crippen molar-refractivity contribution < 1.29 is 19.1 Å². The normalized spacial score (nSPS) is 8.53. The summed E-state index contributed by atoms with van der Waals surface area (Å²) in [6, 6.07) is 1.33. The van der Waals surface area contributed by atoms with E-state index in [0.717, 1.165) is 6.20 Å². The van der Waals surface area contributed by atoms with Crippen LogP contribution in [0.4, 0.5) is 4.53 Å². The summed E-state index contributed by atoms with van der Waals surface area (Å²) >= 11 is 0. The van der Waals surface area contributed by atoms with Crippen LogP contribution >= 0.6 is 0 Å². The summed E-state index contributed by atoms with van der Waals surface area (Å²) in [4.78, 5) is 27.6. The van der Waals surface area contributed by atoms with Crippen LogP contribution in [0, 0.1) is 6.92 Å². The largest absolute Gasteiger partial charge is 0.381 e. The van der Waals surface area contributed by atoms with Gasteiger partial charge in [-0.15, -0.1) is 0 Å². The van der Waals surface area contributed by atoms with E-state index in [0.29, 0.717) is 11.8 Å². The zero-order valence-corrected chi connectivity index (χ0v) is 8.78. The maximum Gasteiger partial charge on any atom is 0.381 e. The van der Waals surface area contributed by atoms with Gasteiger partial charge in [0, 0.05) is 10.7 Å². The highest BCUT2D eigenvalue weighted by Crippen LogP contribution is 2.07. The Hall–Kier alpha value is -1.78. The first kappa shape index (κ1) is 13.2. The SMILES string of the molecule is CC.Cc1cc(C(=O)OF)cnc1C=O. The average molecular weight is 213 g/mol. The summed E-state index contributed by atoms with van der Waals surface area (Å²) in [5.41, 5.74) is 0.693. The van der Waals surface area contributed by atoms with E-state index in [1.165, 1.54) is 6.07 Å². The Bertz CT molecular complexity index is 353. The molecular weight excluding hydrogens is 201 g/mol. The summed E-state index contributed by atoms with van der Waals surface area (Å²) in [7, 11) is 0. The fraction of sp³-hybridized carbons (Fsp3) is 0.300. The van der Waals surface area contributed by atoms with Crippen LogP contribution in [0.3, 0.4) is 0 Å². The number of carbonyl (C=O) groups is 2. The van der Waals surface area contributed by atoms with Gasteiger partial charge in [0.2, 0.25) is 0 Å². The minimum absolute atomic E-state index is 0.0226. The van der Waals surface area contributed by atoms with Gasteiger partial charge in [0.1, 0.15) is 5.69 Å². The van der Waals surface area contributed by atoms with Crippen LogP contribution in [0.2, 0.25) is 0 Å². The first-order valence-corrected chi connectivity index (χ1v) is 4.43. The van der Waals surface area contributed by atoms with Crippen molar-refractivity contribution in [3.05, 3.63) is 29.1 Å². The molecule has 0 unspecified atom stereocenters. The van der Waals surface area contributed by atoms with Crippen LogP contribution in [-0.4, -0.2) is 17.2 Å². The van der Waals surface area contributed by atoms with Gasteiger partial charge in [0.05, 0.1) is 5.56 Å². The van der Waals surface area contributed by atoms with E-state index in [1.807, 2.05) is 13.8 Å². The molecule has 0 saturated heterocycles. The number of aryl methyl sites for hydroxylation is 1. The molecule has 0 fully saturated rings. The molecule has 0 amide bonds. The van der Waals surface area contributed by atoms with Crippen LogP contribution in [0.5, 0.6) is 0 Å². The zero-order chi connectivity index (χ0) is 11.8. The summed E-state index contributed by atoms with van der Waals surface area (Å²) in [5, 5.41) is 0. The Balaban J connectivity index is 0.000000921. The fourth-order valence-electron chi connectivity index (χ4n) is 0.865. The standard InChI is InChI=1S/C8H6FNO3.C2H6/c1-5-2-6(8(12)13-9)3-10-7(5)4-11;1-2/h2-4H,1H3;1-2H3. The molecule has 0 radical (unpaired) electrons. The Morgan fingerprint density at radius 2 is 2.13 bits per heavy atom. The molecule has 0 aliphatic rings. The van der Waals surface area contributed by atoms with Crippen LogP contribution in [0.15, 0.2) is 12.3 Å². The molecule has 1 rings (SSSR count). The topological polar surface area (TPSA) is 56.3 Å². The van der Waals surface area contributed by atoms with Gasteiger partial charge in [0.25, 0.3) is 0 Å². The highest BCUT2D eigenvalue weighted by atomic mass is 19.3. The minimum atomic E-state index is -1.12. The number of aromatic nitrogens is 1. The number of hydrogen-bond donors (Lipinski definition) is 0. The van der Waals surface area contributed by atoms with Gasteiger partial charge in [-0.2, -0.15) is 0 Å². The van der Waals surface area contributed by atoms with Crippen molar-refractivity contribution in [3.8, 4) is 0 Å². The molecule has 0 atom stereocenters. The van der Waals surface area contributed by atoms with Crippen LogP contribution in [0.1, 0.15) is 40.3 Å². The Labute approximate surface area is 87.0 Å². The van der Waals surface area contributed by atoms with Gasteiger partial charge in [0.15, 0.2) is 6.29 Å². The Morgan fingerprint density at radius 1 is 1.53 bits per heavy atom. The molecule has 0 spiro atoms. The van der Waals surface area contributed by atoms with E-state index in [9.17, 15) is 14.1 Å². The number of hydrogen-bond acceptors (Lipinski definition) is 4. The van der Waals surface area contributed by atoms with Crippen molar-refractivity contribution >= 4 is 12.3 Å². The number of nitrogens with zero attached hydrogens (tertiary/aromatic N) is 1. The van der Waals surface area contributed by atoms with Gasteiger partial charge >= 0.3 is 5.97 Å². The second-order valence-corrected chi connectivity index (χ2v) is 2.41. The van der Waals surface area contributed by atoms with Gasteiger partial charge in [-0.1, -0.05) is 13.8 Å². The lowest BCUT2D eigenvalue weighted by Crippen LogP contribution is -2.02. The average Bonchev–Trinajstić information content (AvgIpc) is 2.30. The molecule has 0 bridgehead atoms. The highest BCUT2D eigenvalue weighted by Gasteiger charge is 2.09. The number of rotatable bonds is 2. The molecule has 4 nitrogen and oxygen atoms in total. The third kappa shape index (κ3) is 3.46. The Morgan fingerprint density at radius 3 is 2.53 bits per heavy atom. The molecule has 15 heavy (non-hydrogen) atoms. The van der Waals surface area contributed by atoms with Crippen molar-refractivity contribution in [1.29, 1.82) is 0 Å². The van der Waals surface area contributed by atoms with E-state index >= 15 is 0 Å². The molecular formula is C10H12FNO3. The molecule has 82 valence electrons. The van der Waals surface area contributed by atoms with Crippen molar-refractivity contribution in [3.63, 3.8) is 0 Å². The molecule has 0 saturated carbocycles. The van der Waals surface area contributed by atoms with Crippen molar-refractivity contribution in [1.82, 2.24) is 4.98 Å². The first-order chi connectivity index (χ1) is 7.19. The van der Waals surface area contributed by atoms with Crippen molar-refractivity contribution in [2.45, 2.75) is 20.8 Å². The van der Waals surface area contributed by atoms with E-state index in [-0.39, 0.29) is 11.3 Å². The van der Waals surface area contributed by atoms with Gasteiger partial charge in [-0.25, -0.2) is 9.74 Å². The molecule has 0 aliphatic carbocycles. The number of carbonyl (C=O) groups excluding carboxylic acids is 2. The molecule has 0 N–H and O–H groups in total. The van der Waals surface area contributed by atoms with Gasteiger partial charge < -0.3 is 0 Å². The molecule has 1 aromatic rings. The smallest absolute Gasteiger partial charge is 0.296 e. The molecule has 1 aromatic heterocycles. The lowest BCUT2D eigenvalue weighted by atomic mass is 10.1. The zero-order valence-electron chi connectivity index (χ0n) is 8.78. The number of aldehydes is 1. The minimum Gasteiger partial charge on any atom is -0.296 e. The van der Waals surface area contributed by atoms with Gasteiger partial charge in [-0.05, 0) is 18.6 Å². The second-order valence-electron chi connectivity index (χ2n) is 2.41. The quantitative estimate of drug-likeness (QED) is 0.707. The van der Waals surface area contributed by atoms with E-state index in [1.54, 1.807) is 6.92 Å². The fourth-order valence-corrected chi connectivity index (χ4v) is 0.865. The van der Waals surface area contributed by atoms with Crippen molar-refractivity contribution in [2.75, 3.05) is 0 Å². The Kier molecular flexibility index (Phi) is 5.85. The maximum atomic E-state index is 11.4. The molecule has 1 heterocycles. The lowest BCUT2D eigenvalue weighted by Gasteiger charge is -1.98. The third-order valence-corrected chi connectivity index (χ3v) is 1.54. The third-order valence-electron chi connectivity index (χ3n) is 1.54. The van der Waals surface area contributed by atoms with Crippen LogP contribution in [0.25, 0.3) is 0 Å². The van der Waals surface area contributed by atoms with Gasteiger partial charge in [-0.3, -0.25) is 9.78 Å². The molecule has 0 aliphatic heterocycles. The summed E-state index contributed by atoms with van der Waals surface area (Å²) in [5.74, 6) is -1.12. The summed E-state index contributed by atoms with van der Waals surface area (Å²) in [6.07, 6.45) is 1.64. The number of pyridine rings is 1. The highest BCUT2D eigenvalue weighted by molar-refractivity contribution is 5.89.